The number of carbonyl (C=O) groups excluding carboxylic acids is 1. The summed E-state index contributed by atoms with van der Waals surface area (Å²) in [6, 6.07) is 0.127. The number of aromatic nitrogens is 2. The van der Waals surface area contributed by atoms with Crippen LogP contribution in [0.3, 0.4) is 0 Å². The minimum absolute atomic E-state index is 0.0626. The van der Waals surface area contributed by atoms with Crippen molar-refractivity contribution >= 4 is 5.91 Å². The summed E-state index contributed by atoms with van der Waals surface area (Å²) in [7, 11) is 0. The first-order valence-corrected chi connectivity index (χ1v) is 7.67. The number of carbonyl (C=O) groups is 1. The van der Waals surface area contributed by atoms with Gasteiger partial charge >= 0.3 is 0 Å². The van der Waals surface area contributed by atoms with Crippen LogP contribution in [0.4, 0.5) is 0 Å². The molecule has 0 spiro atoms. The van der Waals surface area contributed by atoms with Gasteiger partial charge in [0.15, 0.2) is 0 Å². The standard InChI is InChI=1S/C14H20N4O2/c19-14(18-7-9-3-1-4-10(9)8-18)12-16-13(20-17-12)11-5-2-6-15-11/h9-11,15H,1-8H2. The first kappa shape index (κ1) is 12.3. The van der Waals surface area contributed by atoms with Gasteiger partial charge in [-0.2, -0.15) is 4.98 Å². The molecule has 0 radical (unpaired) electrons. The third-order valence-electron chi connectivity index (χ3n) is 5.00. The molecule has 4 rings (SSSR count). The van der Waals surface area contributed by atoms with Crippen LogP contribution in [0.5, 0.6) is 0 Å². The third-order valence-corrected chi connectivity index (χ3v) is 5.00. The molecule has 0 aromatic carbocycles. The predicted molar refractivity (Wildman–Crippen MR) is 71.0 cm³/mol. The van der Waals surface area contributed by atoms with Crippen LogP contribution in [0.2, 0.25) is 0 Å². The summed E-state index contributed by atoms with van der Waals surface area (Å²) in [5.41, 5.74) is 0. The molecule has 1 saturated carbocycles. The van der Waals surface area contributed by atoms with Crippen LogP contribution in [0, 0.1) is 11.8 Å². The average Bonchev–Trinajstić information content (AvgIpc) is 3.19. The van der Waals surface area contributed by atoms with Gasteiger partial charge in [-0.3, -0.25) is 4.79 Å². The number of hydrogen-bond donors (Lipinski definition) is 1. The fraction of sp³-hybridized carbons (Fsp3) is 0.786. The van der Waals surface area contributed by atoms with E-state index in [1.165, 1.54) is 19.3 Å². The van der Waals surface area contributed by atoms with Gasteiger partial charge in [0, 0.05) is 13.1 Å². The summed E-state index contributed by atoms with van der Waals surface area (Å²) in [6.07, 6.45) is 5.96. The summed E-state index contributed by atoms with van der Waals surface area (Å²) in [5.74, 6) is 2.12. The molecule has 6 heteroatoms. The molecule has 3 atom stereocenters. The van der Waals surface area contributed by atoms with Crippen molar-refractivity contribution in [3.8, 4) is 0 Å². The number of fused-ring (bicyclic) bond motifs is 1. The van der Waals surface area contributed by atoms with Crippen molar-refractivity contribution in [3.05, 3.63) is 11.7 Å². The summed E-state index contributed by atoms with van der Waals surface area (Å²) < 4.78 is 5.25. The van der Waals surface area contributed by atoms with Gasteiger partial charge in [0.25, 0.3) is 11.7 Å². The topological polar surface area (TPSA) is 71.3 Å². The van der Waals surface area contributed by atoms with E-state index < -0.39 is 0 Å². The SMILES string of the molecule is O=C(c1noc(C2CCCN2)n1)N1CC2CCCC2C1. The zero-order chi connectivity index (χ0) is 13.5. The van der Waals surface area contributed by atoms with E-state index in [9.17, 15) is 4.79 Å². The molecular weight excluding hydrogens is 256 g/mol. The van der Waals surface area contributed by atoms with Crippen LogP contribution in [0.25, 0.3) is 0 Å². The Kier molecular flexibility index (Phi) is 2.98. The average molecular weight is 276 g/mol. The van der Waals surface area contributed by atoms with Crippen molar-refractivity contribution < 1.29 is 9.32 Å². The monoisotopic (exact) mass is 276 g/mol. The van der Waals surface area contributed by atoms with Gasteiger partial charge in [0.1, 0.15) is 0 Å². The Morgan fingerprint density at radius 2 is 2.00 bits per heavy atom. The first-order valence-electron chi connectivity index (χ1n) is 7.67. The lowest BCUT2D eigenvalue weighted by Gasteiger charge is -2.14. The molecule has 1 aromatic rings. The number of amides is 1. The first-order chi connectivity index (χ1) is 9.81. The number of hydrogen-bond acceptors (Lipinski definition) is 5. The van der Waals surface area contributed by atoms with Gasteiger partial charge in [0.2, 0.25) is 5.89 Å². The van der Waals surface area contributed by atoms with E-state index in [4.69, 9.17) is 4.52 Å². The highest BCUT2D eigenvalue weighted by molar-refractivity contribution is 5.90. The fourth-order valence-electron chi connectivity index (χ4n) is 3.90. The van der Waals surface area contributed by atoms with Crippen molar-refractivity contribution in [2.45, 2.75) is 38.1 Å². The maximum atomic E-state index is 12.4. The van der Waals surface area contributed by atoms with E-state index in [0.29, 0.717) is 17.7 Å². The van der Waals surface area contributed by atoms with Crippen LogP contribution in [0.15, 0.2) is 4.52 Å². The van der Waals surface area contributed by atoms with E-state index in [1.807, 2.05) is 4.90 Å². The summed E-state index contributed by atoms with van der Waals surface area (Å²) >= 11 is 0. The lowest BCUT2D eigenvalue weighted by Crippen LogP contribution is -2.30. The molecule has 2 aliphatic heterocycles. The van der Waals surface area contributed by atoms with E-state index in [1.54, 1.807) is 0 Å². The Hall–Kier alpha value is -1.43. The molecule has 1 amide bonds. The van der Waals surface area contributed by atoms with Crippen LogP contribution in [0.1, 0.15) is 54.7 Å². The Balaban J connectivity index is 1.46. The minimum Gasteiger partial charge on any atom is -0.337 e. The van der Waals surface area contributed by atoms with Crippen molar-refractivity contribution in [1.82, 2.24) is 20.4 Å². The highest BCUT2D eigenvalue weighted by Gasteiger charge is 2.39. The normalized spacial score (nSPS) is 32.8. The molecular formula is C14H20N4O2. The van der Waals surface area contributed by atoms with Crippen molar-refractivity contribution in [3.63, 3.8) is 0 Å². The van der Waals surface area contributed by atoms with Crippen LogP contribution >= 0.6 is 0 Å². The Labute approximate surface area is 117 Å². The van der Waals surface area contributed by atoms with E-state index >= 15 is 0 Å². The Bertz CT molecular complexity index is 497. The zero-order valence-corrected chi connectivity index (χ0v) is 11.5. The lowest BCUT2D eigenvalue weighted by atomic mass is 10.0. The maximum Gasteiger partial charge on any atom is 0.295 e. The highest BCUT2D eigenvalue weighted by atomic mass is 16.5. The van der Waals surface area contributed by atoms with Gasteiger partial charge in [-0.15, -0.1) is 0 Å². The smallest absolute Gasteiger partial charge is 0.295 e. The van der Waals surface area contributed by atoms with E-state index in [2.05, 4.69) is 15.5 Å². The second-order valence-corrected chi connectivity index (χ2v) is 6.27. The summed E-state index contributed by atoms with van der Waals surface area (Å²) in [4.78, 5) is 18.6. The Morgan fingerprint density at radius 3 is 2.70 bits per heavy atom. The Morgan fingerprint density at radius 1 is 1.20 bits per heavy atom. The van der Waals surface area contributed by atoms with Crippen molar-refractivity contribution in [2.24, 2.45) is 11.8 Å². The quantitative estimate of drug-likeness (QED) is 0.883. The van der Waals surface area contributed by atoms with Crippen molar-refractivity contribution in [1.29, 1.82) is 0 Å². The molecule has 108 valence electrons. The number of likely N-dealkylation sites (tertiary alicyclic amines) is 1. The molecule has 1 aliphatic carbocycles. The summed E-state index contributed by atoms with van der Waals surface area (Å²) in [5, 5.41) is 7.19. The summed E-state index contributed by atoms with van der Waals surface area (Å²) in [6.45, 7) is 2.72. The molecule has 2 saturated heterocycles. The molecule has 3 unspecified atom stereocenters. The predicted octanol–water partition coefficient (Wildman–Crippen LogP) is 1.37. The zero-order valence-electron chi connectivity index (χ0n) is 11.5. The maximum absolute atomic E-state index is 12.4. The minimum atomic E-state index is -0.0626. The van der Waals surface area contributed by atoms with Gasteiger partial charge in [-0.05, 0) is 44.1 Å². The van der Waals surface area contributed by atoms with Crippen LogP contribution < -0.4 is 5.32 Å². The molecule has 3 heterocycles. The second-order valence-electron chi connectivity index (χ2n) is 6.27. The van der Waals surface area contributed by atoms with E-state index in [-0.39, 0.29) is 17.8 Å². The number of nitrogens with zero attached hydrogens (tertiary/aromatic N) is 3. The van der Waals surface area contributed by atoms with Gasteiger partial charge in [-0.25, -0.2) is 0 Å². The second kappa shape index (κ2) is 4.84. The van der Waals surface area contributed by atoms with Crippen molar-refractivity contribution in [2.75, 3.05) is 19.6 Å². The number of nitrogens with one attached hydrogen (secondary N) is 1. The molecule has 0 bridgehead atoms. The lowest BCUT2D eigenvalue weighted by molar-refractivity contribution is 0.0765. The van der Waals surface area contributed by atoms with Gasteiger partial charge in [-0.1, -0.05) is 11.6 Å². The number of rotatable bonds is 2. The molecule has 1 N–H and O–H groups in total. The molecule has 3 fully saturated rings. The molecule has 3 aliphatic rings. The third kappa shape index (κ3) is 2.02. The van der Waals surface area contributed by atoms with E-state index in [0.717, 1.165) is 32.5 Å². The van der Waals surface area contributed by atoms with Crippen LogP contribution in [-0.2, 0) is 0 Å². The largest absolute Gasteiger partial charge is 0.337 e. The highest BCUT2D eigenvalue weighted by Crippen LogP contribution is 2.38. The van der Waals surface area contributed by atoms with Gasteiger partial charge in [0.05, 0.1) is 6.04 Å². The molecule has 6 nitrogen and oxygen atoms in total. The fourth-order valence-corrected chi connectivity index (χ4v) is 3.90. The molecule has 20 heavy (non-hydrogen) atoms. The van der Waals surface area contributed by atoms with Crippen LogP contribution in [-0.4, -0.2) is 40.6 Å². The molecule has 1 aromatic heterocycles. The van der Waals surface area contributed by atoms with Gasteiger partial charge < -0.3 is 14.7 Å².